The summed E-state index contributed by atoms with van der Waals surface area (Å²) >= 11 is 0. The van der Waals surface area contributed by atoms with Crippen molar-refractivity contribution in [1.82, 2.24) is 5.06 Å². The van der Waals surface area contributed by atoms with Crippen molar-refractivity contribution in [1.29, 1.82) is 0 Å². The summed E-state index contributed by atoms with van der Waals surface area (Å²) < 4.78 is 0. The lowest BCUT2D eigenvalue weighted by Crippen LogP contribution is -2.36. The predicted molar refractivity (Wildman–Crippen MR) is 70.8 cm³/mol. The standard InChI is InChI=1S/C15H21NO2/c1-2-15(17)18-16-10-8-14(9-11-16)12-13-6-4-3-5-7-13/h3-7,14H,2,8-12H2,1H3. The zero-order valence-electron chi connectivity index (χ0n) is 11.0. The molecule has 0 aromatic heterocycles. The molecule has 2 rings (SSSR count). The van der Waals surface area contributed by atoms with Crippen LogP contribution in [-0.2, 0) is 16.1 Å². The van der Waals surface area contributed by atoms with E-state index in [1.54, 1.807) is 0 Å². The number of benzene rings is 1. The number of hydrogen-bond donors (Lipinski definition) is 0. The van der Waals surface area contributed by atoms with E-state index in [9.17, 15) is 4.79 Å². The summed E-state index contributed by atoms with van der Waals surface area (Å²) in [5.74, 6) is 0.584. The normalized spacial score (nSPS) is 17.6. The first-order valence-electron chi connectivity index (χ1n) is 6.77. The molecule has 98 valence electrons. The minimum Gasteiger partial charge on any atom is -0.368 e. The summed E-state index contributed by atoms with van der Waals surface area (Å²) in [6, 6.07) is 10.6. The largest absolute Gasteiger partial charge is 0.368 e. The molecule has 0 spiro atoms. The highest BCUT2D eigenvalue weighted by atomic mass is 16.7. The van der Waals surface area contributed by atoms with Gasteiger partial charge in [0, 0.05) is 19.5 Å². The molecule has 0 N–H and O–H groups in total. The minimum absolute atomic E-state index is 0.128. The van der Waals surface area contributed by atoms with Crippen molar-refractivity contribution in [2.24, 2.45) is 5.92 Å². The molecular weight excluding hydrogens is 226 g/mol. The Labute approximate surface area is 109 Å². The average molecular weight is 247 g/mol. The minimum atomic E-state index is -0.128. The van der Waals surface area contributed by atoms with Gasteiger partial charge in [-0.25, -0.2) is 0 Å². The van der Waals surface area contributed by atoms with Crippen molar-refractivity contribution < 1.29 is 9.63 Å². The van der Waals surface area contributed by atoms with Gasteiger partial charge in [-0.3, -0.25) is 4.79 Å². The molecule has 1 aliphatic rings. The number of carbonyl (C=O) groups excluding carboxylic acids is 1. The molecule has 0 radical (unpaired) electrons. The quantitative estimate of drug-likeness (QED) is 0.819. The molecule has 0 saturated carbocycles. The van der Waals surface area contributed by atoms with E-state index >= 15 is 0 Å². The SMILES string of the molecule is CCC(=O)ON1CCC(Cc2ccccc2)CC1. The molecule has 1 aromatic carbocycles. The van der Waals surface area contributed by atoms with Crippen molar-refractivity contribution in [2.45, 2.75) is 32.6 Å². The average Bonchev–Trinajstić information content (AvgIpc) is 2.42. The predicted octanol–water partition coefficient (Wildman–Crippen LogP) is 2.81. The number of piperidine rings is 1. The van der Waals surface area contributed by atoms with Crippen LogP contribution in [0.25, 0.3) is 0 Å². The van der Waals surface area contributed by atoms with E-state index in [2.05, 4.69) is 30.3 Å². The molecule has 18 heavy (non-hydrogen) atoms. The monoisotopic (exact) mass is 247 g/mol. The molecule has 3 nitrogen and oxygen atoms in total. The number of carbonyl (C=O) groups is 1. The number of hydroxylamine groups is 2. The Morgan fingerprint density at radius 1 is 1.28 bits per heavy atom. The Hall–Kier alpha value is -1.35. The van der Waals surface area contributed by atoms with Gasteiger partial charge in [0.05, 0.1) is 0 Å². The molecule has 0 aliphatic carbocycles. The molecule has 1 aromatic rings. The molecule has 1 heterocycles. The fourth-order valence-electron chi connectivity index (χ4n) is 2.36. The lowest BCUT2D eigenvalue weighted by Gasteiger charge is -2.30. The van der Waals surface area contributed by atoms with Crippen molar-refractivity contribution >= 4 is 5.97 Å². The van der Waals surface area contributed by atoms with Gasteiger partial charge in [0.1, 0.15) is 0 Å². The van der Waals surface area contributed by atoms with E-state index in [1.165, 1.54) is 5.56 Å². The van der Waals surface area contributed by atoms with Crippen LogP contribution >= 0.6 is 0 Å². The van der Waals surface area contributed by atoms with Crippen molar-refractivity contribution in [2.75, 3.05) is 13.1 Å². The Bertz CT molecular complexity index is 369. The molecule has 0 unspecified atom stereocenters. The van der Waals surface area contributed by atoms with Gasteiger partial charge in [0.25, 0.3) is 0 Å². The topological polar surface area (TPSA) is 29.5 Å². The summed E-state index contributed by atoms with van der Waals surface area (Å²) in [6.07, 6.45) is 3.79. The van der Waals surface area contributed by atoms with Crippen LogP contribution < -0.4 is 0 Å². The summed E-state index contributed by atoms with van der Waals surface area (Å²) in [5, 5.41) is 1.81. The van der Waals surface area contributed by atoms with E-state index in [0.717, 1.165) is 32.4 Å². The van der Waals surface area contributed by atoms with Crippen LogP contribution in [0, 0.1) is 5.92 Å². The van der Waals surface area contributed by atoms with Crippen LogP contribution in [0.4, 0.5) is 0 Å². The second kappa shape index (κ2) is 6.55. The van der Waals surface area contributed by atoms with E-state index in [-0.39, 0.29) is 5.97 Å². The second-order valence-corrected chi connectivity index (χ2v) is 4.88. The Morgan fingerprint density at radius 3 is 2.56 bits per heavy atom. The number of rotatable bonds is 4. The third-order valence-corrected chi connectivity index (χ3v) is 3.46. The molecule has 0 amide bonds. The van der Waals surface area contributed by atoms with Crippen LogP contribution in [0.2, 0.25) is 0 Å². The van der Waals surface area contributed by atoms with Crippen molar-refractivity contribution in [3.63, 3.8) is 0 Å². The molecule has 0 atom stereocenters. The summed E-state index contributed by atoms with van der Waals surface area (Å²) in [6.45, 7) is 3.55. The maximum absolute atomic E-state index is 11.2. The zero-order chi connectivity index (χ0) is 12.8. The third-order valence-electron chi connectivity index (χ3n) is 3.46. The van der Waals surface area contributed by atoms with Crippen LogP contribution in [0.15, 0.2) is 30.3 Å². The maximum Gasteiger partial charge on any atom is 0.324 e. The first kappa shape index (κ1) is 13.1. The zero-order valence-corrected chi connectivity index (χ0v) is 11.0. The van der Waals surface area contributed by atoms with E-state index in [4.69, 9.17) is 4.84 Å². The molecule has 3 heteroatoms. The fourth-order valence-corrected chi connectivity index (χ4v) is 2.36. The molecule has 0 bridgehead atoms. The van der Waals surface area contributed by atoms with Gasteiger partial charge < -0.3 is 4.84 Å². The molecular formula is C15H21NO2. The van der Waals surface area contributed by atoms with E-state index in [1.807, 2.05) is 12.0 Å². The smallest absolute Gasteiger partial charge is 0.324 e. The second-order valence-electron chi connectivity index (χ2n) is 4.88. The number of nitrogens with zero attached hydrogens (tertiary/aromatic N) is 1. The van der Waals surface area contributed by atoms with Crippen LogP contribution in [0.1, 0.15) is 31.7 Å². The highest BCUT2D eigenvalue weighted by Gasteiger charge is 2.21. The summed E-state index contributed by atoms with van der Waals surface area (Å²) in [7, 11) is 0. The van der Waals surface area contributed by atoms with Gasteiger partial charge in [-0.05, 0) is 30.7 Å². The van der Waals surface area contributed by atoms with Gasteiger partial charge in [0.15, 0.2) is 0 Å². The first-order valence-corrected chi connectivity index (χ1v) is 6.77. The number of hydrogen-bond acceptors (Lipinski definition) is 3. The molecule has 1 fully saturated rings. The van der Waals surface area contributed by atoms with Gasteiger partial charge in [-0.1, -0.05) is 37.3 Å². The fraction of sp³-hybridized carbons (Fsp3) is 0.533. The van der Waals surface area contributed by atoms with Gasteiger partial charge in [-0.15, -0.1) is 5.06 Å². The molecule has 1 aliphatic heterocycles. The summed E-state index contributed by atoms with van der Waals surface area (Å²) in [5.41, 5.74) is 1.40. The Morgan fingerprint density at radius 2 is 1.94 bits per heavy atom. The Kier molecular flexibility index (Phi) is 4.76. The third kappa shape index (κ3) is 3.84. The van der Waals surface area contributed by atoms with Gasteiger partial charge in [-0.2, -0.15) is 0 Å². The van der Waals surface area contributed by atoms with Gasteiger partial charge in [0.2, 0.25) is 0 Å². The van der Waals surface area contributed by atoms with Crippen molar-refractivity contribution in [3.8, 4) is 0 Å². The lowest BCUT2D eigenvalue weighted by atomic mass is 9.91. The Balaban J connectivity index is 1.75. The van der Waals surface area contributed by atoms with Crippen molar-refractivity contribution in [3.05, 3.63) is 35.9 Å². The van der Waals surface area contributed by atoms with E-state index in [0.29, 0.717) is 12.3 Å². The lowest BCUT2D eigenvalue weighted by molar-refractivity contribution is -0.196. The van der Waals surface area contributed by atoms with E-state index < -0.39 is 0 Å². The van der Waals surface area contributed by atoms with Crippen LogP contribution in [-0.4, -0.2) is 24.1 Å². The van der Waals surface area contributed by atoms with Gasteiger partial charge >= 0.3 is 5.97 Å². The highest BCUT2D eigenvalue weighted by Crippen LogP contribution is 2.21. The highest BCUT2D eigenvalue weighted by molar-refractivity contribution is 5.68. The van der Waals surface area contributed by atoms with Crippen LogP contribution in [0.3, 0.4) is 0 Å². The van der Waals surface area contributed by atoms with Crippen LogP contribution in [0.5, 0.6) is 0 Å². The molecule has 1 saturated heterocycles. The summed E-state index contributed by atoms with van der Waals surface area (Å²) in [4.78, 5) is 16.4. The first-order chi connectivity index (χ1) is 8.78. The maximum atomic E-state index is 11.2.